The first kappa shape index (κ1) is 17.9. The van der Waals surface area contributed by atoms with Crippen molar-refractivity contribution < 1.29 is 14.3 Å². The highest BCUT2D eigenvalue weighted by atomic mass is 35.5. The molecule has 1 heterocycles. The van der Waals surface area contributed by atoms with E-state index in [-0.39, 0.29) is 0 Å². The quantitative estimate of drug-likeness (QED) is 0.694. The fraction of sp³-hybridized carbons (Fsp3) is 0.150. The van der Waals surface area contributed by atoms with Crippen LogP contribution in [0.3, 0.4) is 0 Å². The third-order valence-corrected chi connectivity index (χ3v) is 4.04. The molecule has 132 valence electrons. The van der Waals surface area contributed by atoms with Crippen LogP contribution in [0, 0.1) is 6.92 Å². The Balaban J connectivity index is 1.76. The molecule has 0 aliphatic carbocycles. The van der Waals surface area contributed by atoms with E-state index in [0.29, 0.717) is 32.9 Å². The van der Waals surface area contributed by atoms with Crippen molar-refractivity contribution in [1.82, 2.24) is 4.98 Å². The Morgan fingerprint density at radius 2 is 1.88 bits per heavy atom. The lowest BCUT2D eigenvalue weighted by Gasteiger charge is -2.15. The number of aromatic nitrogens is 1. The second kappa shape index (κ2) is 7.54. The van der Waals surface area contributed by atoms with Crippen LogP contribution in [0.25, 0.3) is 10.9 Å². The molecule has 6 heteroatoms. The minimum absolute atomic E-state index is 0.385. The second-order valence-electron chi connectivity index (χ2n) is 5.88. The van der Waals surface area contributed by atoms with Crippen LogP contribution < -0.4 is 5.32 Å². The van der Waals surface area contributed by atoms with Gasteiger partial charge in [-0.25, -0.2) is 4.79 Å². The molecular formula is C20H17ClN2O3. The molecule has 26 heavy (non-hydrogen) atoms. The maximum absolute atomic E-state index is 12.6. The van der Waals surface area contributed by atoms with Crippen molar-refractivity contribution >= 4 is 40.1 Å². The number of halogens is 1. The highest BCUT2D eigenvalue weighted by Gasteiger charge is 2.21. The number of para-hydroxylation sites is 1. The highest BCUT2D eigenvalue weighted by molar-refractivity contribution is 6.30. The number of carbonyl (C=O) groups is 2. The Hall–Kier alpha value is -2.92. The number of pyridine rings is 1. The molecular weight excluding hydrogens is 352 g/mol. The third-order valence-electron chi connectivity index (χ3n) is 3.81. The summed E-state index contributed by atoms with van der Waals surface area (Å²) in [4.78, 5) is 29.3. The van der Waals surface area contributed by atoms with E-state index in [1.165, 1.54) is 6.92 Å². The average Bonchev–Trinajstić information content (AvgIpc) is 2.60. The first-order valence-corrected chi connectivity index (χ1v) is 8.45. The van der Waals surface area contributed by atoms with Crippen LogP contribution in [-0.2, 0) is 9.53 Å². The number of hydrogen-bond donors (Lipinski definition) is 1. The van der Waals surface area contributed by atoms with Crippen LogP contribution in [0.2, 0.25) is 5.02 Å². The van der Waals surface area contributed by atoms with E-state index >= 15 is 0 Å². The van der Waals surface area contributed by atoms with Crippen LogP contribution in [0.4, 0.5) is 5.69 Å². The second-order valence-corrected chi connectivity index (χ2v) is 6.31. The molecule has 0 fully saturated rings. The molecule has 0 unspecified atom stereocenters. The number of benzene rings is 2. The lowest BCUT2D eigenvalue weighted by atomic mass is 10.1. The molecule has 0 saturated carbocycles. The normalized spacial score (nSPS) is 11.8. The molecule has 1 amide bonds. The predicted octanol–water partition coefficient (Wildman–Crippen LogP) is 4.38. The molecule has 0 aliphatic rings. The van der Waals surface area contributed by atoms with Crippen molar-refractivity contribution in [3.05, 3.63) is 70.9 Å². The van der Waals surface area contributed by atoms with Gasteiger partial charge in [-0.1, -0.05) is 35.9 Å². The zero-order chi connectivity index (χ0) is 18.7. The van der Waals surface area contributed by atoms with Crippen molar-refractivity contribution in [2.75, 3.05) is 5.32 Å². The summed E-state index contributed by atoms with van der Waals surface area (Å²) in [6, 6.07) is 15.7. The largest absolute Gasteiger partial charge is 0.449 e. The van der Waals surface area contributed by atoms with E-state index < -0.39 is 18.0 Å². The maximum Gasteiger partial charge on any atom is 0.339 e. The van der Waals surface area contributed by atoms with Gasteiger partial charge in [0.15, 0.2) is 6.10 Å². The highest BCUT2D eigenvalue weighted by Crippen LogP contribution is 2.20. The van der Waals surface area contributed by atoms with Gasteiger partial charge in [-0.05, 0) is 44.2 Å². The van der Waals surface area contributed by atoms with Gasteiger partial charge in [0.1, 0.15) is 0 Å². The summed E-state index contributed by atoms with van der Waals surface area (Å²) in [5.74, 6) is -1.00. The van der Waals surface area contributed by atoms with E-state index in [1.807, 2.05) is 18.2 Å². The van der Waals surface area contributed by atoms with Crippen LogP contribution in [0.15, 0.2) is 54.6 Å². The summed E-state index contributed by atoms with van der Waals surface area (Å²) >= 11 is 5.90. The number of aryl methyl sites for hydroxylation is 1. The van der Waals surface area contributed by atoms with Gasteiger partial charge in [0, 0.05) is 21.8 Å². The Kier molecular flexibility index (Phi) is 5.19. The Morgan fingerprint density at radius 1 is 1.12 bits per heavy atom. The average molecular weight is 369 g/mol. The molecule has 1 atom stereocenters. The standard InChI is InChI=1S/C20H17ClN2O3/c1-12-10-17(16-8-3-4-9-18(16)22-12)20(25)26-13(2)19(24)23-15-7-5-6-14(21)11-15/h3-11,13H,1-2H3,(H,23,24)/t13-/m0/s1. The number of rotatable bonds is 4. The minimum atomic E-state index is -0.964. The lowest BCUT2D eigenvalue weighted by molar-refractivity contribution is -0.123. The van der Waals surface area contributed by atoms with Crippen molar-refractivity contribution in [2.24, 2.45) is 0 Å². The van der Waals surface area contributed by atoms with Crippen molar-refractivity contribution in [3.63, 3.8) is 0 Å². The van der Waals surface area contributed by atoms with Crippen LogP contribution >= 0.6 is 11.6 Å². The first-order valence-electron chi connectivity index (χ1n) is 8.08. The maximum atomic E-state index is 12.6. The van der Waals surface area contributed by atoms with Crippen LogP contribution in [-0.4, -0.2) is 23.0 Å². The molecule has 3 rings (SSSR count). The Labute approximate surface area is 156 Å². The van der Waals surface area contributed by atoms with Gasteiger partial charge >= 0.3 is 5.97 Å². The predicted molar refractivity (Wildman–Crippen MR) is 101 cm³/mol. The fourth-order valence-electron chi connectivity index (χ4n) is 2.56. The van der Waals surface area contributed by atoms with Gasteiger partial charge in [0.05, 0.1) is 11.1 Å². The Bertz CT molecular complexity index is 988. The zero-order valence-electron chi connectivity index (χ0n) is 14.3. The Morgan fingerprint density at radius 3 is 2.65 bits per heavy atom. The summed E-state index contributed by atoms with van der Waals surface area (Å²) in [7, 11) is 0. The van der Waals surface area contributed by atoms with Crippen LogP contribution in [0.5, 0.6) is 0 Å². The molecule has 0 aliphatic heterocycles. The number of nitrogens with zero attached hydrogens (tertiary/aromatic N) is 1. The zero-order valence-corrected chi connectivity index (χ0v) is 15.1. The number of anilines is 1. The topological polar surface area (TPSA) is 68.3 Å². The van der Waals surface area contributed by atoms with Gasteiger partial charge in [-0.3, -0.25) is 9.78 Å². The summed E-state index contributed by atoms with van der Waals surface area (Å²) in [6.45, 7) is 3.33. The molecule has 1 aromatic heterocycles. The fourth-order valence-corrected chi connectivity index (χ4v) is 2.75. The number of fused-ring (bicyclic) bond motifs is 1. The van der Waals surface area contributed by atoms with Crippen molar-refractivity contribution in [2.45, 2.75) is 20.0 Å². The van der Waals surface area contributed by atoms with E-state index in [0.717, 1.165) is 0 Å². The molecule has 5 nitrogen and oxygen atoms in total. The first-order chi connectivity index (χ1) is 12.4. The summed E-state index contributed by atoms with van der Waals surface area (Å²) in [6.07, 6.45) is -0.964. The van der Waals surface area contributed by atoms with Crippen LogP contribution in [0.1, 0.15) is 23.0 Å². The van der Waals surface area contributed by atoms with E-state index in [1.54, 1.807) is 43.3 Å². The molecule has 0 spiro atoms. The molecule has 2 aromatic carbocycles. The summed E-state index contributed by atoms with van der Waals surface area (Å²) in [5.41, 5.74) is 2.33. The third kappa shape index (κ3) is 4.00. The molecule has 0 saturated heterocycles. The number of amides is 1. The van der Waals surface area contributed by atoms with Gasteiger partial charge in [0.2, 0.25) is 0 Å². The smallest absolute Gasteiger partial charge is 0.339 e. The minimum Gasteiger partial charge on any atom is -0.449 e. The molecule has 3 aromatic rings. The van der Waals surface area contributed by atoms with Crippen molar-refractivity contribution in [3.8, 4) is 0 Å². The molecule has 0 bridgehead atoms. The van der Waals surface area contributed by atoms with E-state index in [2.05, 4.69) is 10.3 Å². The number of hydrogen-bond acceptors (Lipinski definition) is 4. The number of esters is 1. The summed E-state index contributed by atoms with van der Waals surface area (Å²) in [5, 5.41) is 3.87. The number of ether oxygens (including phenoxy) is 1. The summed E-state index contributed by atoms with van der Waals surface area (Å²) < 4.78 is 5.35. The van der Waals surface area contributed by atoms with Gasteiger partial charge < -0.3 is 10.1 Å². The molecule has 1 N–H and O–H groups in total. The number of nitrogens with one attached hydrogen (secondary N) is 1. The van der Waals surface area contributed by atoms with Gasteiger partial charge in [-0.15, -0.1) is 0 Å². The molecule has 0 radical (unpaired) electrons. The van der Waals surface area contributed by atoms with Gasteiger partial charge in [0.25, 0.3) is 5.91 Å². The number of carbonyl (C=O) groups excluding carboxylic acids is 2. The SMILES string of the molecule is Cc1cc(C(=O)O[C@@H](C)C(=O)Nc2cccc(Cl)c2)c2ccccc2n1. The monoisotopic (exact) mass is 368 g/mol. The van der Waals surface area contributed by atoms with Gasteiger partial charge in [-0.2, -0.15) is 0 Å². The van der Waals surface area contributed by atoms with Crippen molar-refractivity contribution in [1.29, 1.82) is 0 Å². The van der Waals surface area contributed by atoms with E-state index in [9.17, 15) is 9.59 Å². The van der Waals surface area contributed by atoms with E-state index in [4.69, 9.17) is 16.3 Å². The lowest BCUT2D eigenvalue weighted by Crippen LogP contribution is -2.30.